The van der Waals surface area contributed by atoms with Gasteiger partial charge >= 0.3 is 0 Å². The highest BCUT2D eigenvalue weighted by Gasteiger charge is 2.47. The van der Waals surface area contributed by atoms with Crippen LogP contribution in [0.1, 0.15) is 50.8 Å². The van der Waals surface area contributed by atoms with Crippen LogP contribution in [0, 0.1) is 11.3 Å². The summed E-state index contributed by atoms with van der Waals surface area (Å²) in [5.74, 6) is 0.832. The molecule has 0 spiro atoms. The number of imidazole rings is 1. The van der Waals surface area contributed by atoms with Crippen LogP contribution in [0.5, 0.6) is 0 Å². The fourth-order valence-corrected chi connectivity index (χ4v) is 3.57. The Bertz CT molecular complexity index is 478. The van der Waals surface area contributed by atoms with Crippen LogP contribution in [-0.4, -0.2) is 28.8 Å². The number of hydrogen-bond acceptors (Lipinski definition) is 3. The molecule has 1 aliphatic heterocycles. The van der Waals surface area contributed by atoms with E-state index in [4.69, 9.17) is 4.74 Å². The van der Waals surface area contributed by atoms with Gasteiger partial charge in [-0.05, 0) is 38.0 Å². The van der Waals surface area contributed by atoms with Crippen LogP contribution in [0.25, 0.3) is 0 Å². The van der Waals surface area contributed by atoms with Gasteiger partial charge in [-0.1, -0.05) is 6.92 Å². The van der Waals surface area contributed by atoms with E-state index in [2.05, 4.69) is 28.0 Å². The second kappa shape index (κ2) is 4.85. The smallest absolute Gasteiger partial charge is 0.0952 e. The summed E-state index contributed by atoms with van der Waals surface area (Å²) < 4.78 is 8.25. The normalized spacial score (nSPS) is 33.8. The second-order valence-corrected chi connectivity index (χ2v) is 7.18. The highest BCUT2D eigenvalue weighted by Crippen LogP contribution is 2.47. The molecule has 2 heterocycles. The van der Waals surface area contributed by atoms with Crippen molar-refractivity contribution in [3.63, 3.8) is 0 Å². The Morgan fingerprint density at radius 3 is 3.00 bits per heavy atom. The van der Waals surface area contributed by atoms with Gasteiger partial charge in [0.2, 0.25) is 0 Å². The lowest BCUT2D eigenvalue weighted by molar-refractivity contribution is 0.0386. The lowest BCUT2D eigenvalue weighted by Crippen LogP contribution is -2.39. The minimum Gasteiger partial charge on any atom is -0.377 e. The molecule has 4 heteroatoms. The van der Waals surface area contributed by atoms with E-state index in [1.165, 1.54) is 37.8 Å². The Kier molecular flexibility index (Phi) is 3.11. The molecule has 2 unspecified atom stereocenters. The predicted octanol–water partition coefficient (Wildman–Crippen LogP) is 2.51. The number of aromatic nitrogens is 2. The van der Waals surface area contributed by atoms with Gasteiger partial charge in [-0.25, -0.2) is 4.98 Å². The molecule has 1 saturated heterocycles. The third-order valence-corrected chi connectivity index (χ3v) is 5.17. The van der Waals surface area contributed by atoms with Crippen molar-refractivity contribution in [3.8, 4) is 0 Å². The van der Waals surface area contributed by atoms with Crippen molar-refractivity contribution in [3.05, 3.63) is 18.2 Å². The van der Waals surface area contributed by atoms with E-state index in [1.807, 2.05) is 6.33 Å². The summed E-state index contributed by atoms with van der Waals surface area (Å²) in [4.78, 5) is 4.50. The van der Waals surface area contributed by atoms with Crippen LogP contribution in [-0.2, 0) is 11.3 Å². The second-order valence-electron chi connectivity index (χ2n) is 7.18. The molecule has 110 valence electrons. The molecule has 1 aromatic rings. The van der Waals surface area contributed by atoms with E-state index >= 15 is 0 Å². The first-order valence-corrected chi connectivity index (χ1v) is 8.09. The van der Waals surface area contributed by atoms with Crippen molar-refractivity contribution in [2.24, 2.45) is 11.3 Å². The van der Waals surface area contributed by atoms with Crippen molar-refractivity contribution in [2.45, 2.75) is 57.7 Å². The fourth-order valence-electron chi connectivity index (χ4n) is 3.57. The molecule has 20 heavy (non-hydrogen) atoms. The molecule has 2 saturated carbocycles. The minimum absolute atomic E-state index is 0.320. The largest absolute Gasteiger partial charge is 0.377 e. The van der Waals surface area contributed by atoms with Gasteiger partial charge in [-0.3, -0.25) is 0 Å². The van der Waals surface area contributed by atoms with Crippen molar-refractivity contribution in [2.75, 3.05) is 13.2 Å². The van der Waals surface area contributed by atoms with E-state index in [0.717, 1.165) is 31.7 Å². The van der Waals surface area contributed by atoms with Crippen LogP contribution in [0.2, 0.25) is 0 Å². The Morgan fingerprint density at radius 2 is 2.25 bits per heavy atom. The molecule has 2 aliphatic carbocycles. The Morgan fingerprint density at radius 1 is 1.40 bits per heavy atom. The molecule has 2 atom stereocenters. The van der Waals surface area contributed by atoms with Gasteiger partial charge in [0.15, 0.2) is 0 Å². The summed E-state index contributed by atoms with van der Waals surface area (Å²) in [6, 6.07) is 0.733. The first-order chi connectivity index (χ1) is 9.74. The molecule has 0 bridgehead atoms. The van der Waals surface area contributed by atoms with Crippen LogP contribution < -0.4 is 5.32 Å². The standard InChI is InChI=1S/C16H25N3O/c1-16(6-7-20-15(16)12-2-3-12)10-17-8-13-9-19(11-18-13)14-4-5-14/h9,11-12,14-15,17H,2-8,10H2,1H3. The zero-order valence-electron chi connectivity index (χ0n) is 12.3. The van der Waals surface area contributed by atoms with Gasteiger partial charge in [0.05, 0.1) is 18.1 Å². The number of hydrogen-bond donors (Lipinski definition) is 1. The lowest BCUT2D eigenvalue weighted by Gasteiger charge is -2.30. The zero-order chi connectivity index (χ0) is 13.6. The summed E-state index contributed by atoms with van der Waals surface area (Å²) in [6.45, 7) is 5.26. The highest BCUT2D eigenvalue weighted by atomic mass is 16.5. The lowest BCUT2D eigenvalue weighted by atomic mass is 9.81. The predicted molar refractivity (Wildman–Crippen MR) is 77.4 cm³/mol. The molecule has 1 aromatic heterocycles. The van der Waals surface area contributed by atoms with Crippen molar-refractivity contribution < 1.29 is 4.74 Å². The Balaban J connectivity index is 1.30. The average molecular weight is 275 g/mol. The molecule has 0 amide bonds. The molecule has 4 nitrogen and oxygen atoms in total. The maximum absolute atomic E-state index is 5.98. The fraction of sp³-hybridized carbons (Fsp3) is 0.812. The molecular weight excluding hydrogens is 250 g/mol. The average Bonchev–Trinajstić information content (AvgIpc) is 3.36. The number of rotatable bonds is 6. The first kappa shape index (κ1) is 12.8. The molecule has 0 radical (unpaired) electrons. The molecular formula is C16H25N3O. The Hall–Kier alpha value is -0.870. The van der Waals surface area contributed by atoms with Gasteiger partial charge in [0.1, 0.15) is 0 Å². The number of nitrogens with one attached hydrogen (secondary N) is 1. The summed E-state index contributed by atoms with van der Waals surface area (Å²) in [6.07, 6.45) is 11.2. The van der Waals surface area contributed by atoms with E-state index in [0.29, 0.717) is 11.5 Å². The van der Waals surface area contributed by atoms with Crippen molar-refractivity contribution >= 4 is 0 Å². The van der Waals surface area contributed by atoms with E-state index in [1.54, 1.807) is 0 Å². The molecule has 0 aromatic carbocycles. The Labute approximate surface area is 120 Å². The van der Waals surface area contributed by atoms with Gasteiger partial charge in [0.25, 0.3) is 0 Å². The molecule has 4 rings (SSSR count). The van der Waals surface area contributed by atoms with Gasteiger partial charge in [0, 0.05) is 37.4 Å². The summed E-state index contributed by atoms with van der Waals surface area (Å²) >= 11 is 0. The quantitative estimate of drug-likeness (QED) is 0.867. The third-order valence-electron chi connectivity index (χ3n) is 5.17. The van der Waals surface area contributed by atoms with Gasteiger partial charge in [-0.15, -0.1) is 0 Å². The van der Waals surface area contributed by atoms with Crippen molar-refractivity contribution in [1.29, 1.82) is 0 Å². The topological polar surface area (TPSA) is 39.1 Å². The molecule has 3 fully saturated rings. The SMILES string of the molecule is CC1(CNCc2cn(C3CC3)cn2)CCOC1C1CC1. The van der Waals surface area contributed by atoms with E-state index < -0.39 is 0 Å². The maximum atomic E-state index is 5.98. The summed E-state index contributed by atoms with van der Waals surface area (Å²) in [7, 11) is 0. The van der Waals surface area contributed by atoms with Gasteiger partial charge in [-0.2, -0.15) is 0 Å². The van der Waals surface area contributed by atoms with E-state index in [9.17, 15) is 0 Å². The van der Waals surface area contributed by atoms with E-state index in [-0.39, 0.29) is 0 Å². The minimum atomic E-state index is 0.320. The van der Waals surface area contributed by atoms with Crippen molar-refractivity contribution in [1.82, 2.24) is 14.9 Å². The van der Waals surface area contributed by atoms with Gasteiger partial charge < -0.3 is 14.6 Å². The maximum Gasteiger partial charge on any atom is 0.0952 e. The highest BCUT2D eigenvalue weighted by molar-refractivity contribution is 5.02. The van der Waals surface area contributed by atoms with Crippen LogP contribution in [0.3, 0.4) is 0 Å². The van der Waals surface area contributed by atoms with Crippen LogP contribution in [0.15, 0.2) is 12.5 Å². The zero-order valence-corrected chi connectivity index (χ0v) is 12.3. The van der Waals surface area contributed by atoms with Crippen LogP contribution >= 0.6 is 0 Å². The number of nitrogens with zero attached hydrogens (tertiary/aromatic N) is 2. The molecule has 1 N–H and O–H groups in total. The number of ether oxygens (including phenoxy) is 1. The third kappa shape index (κ3) is 2.51. The summed E-state index contributed by atoms with van der Waals surface area (Å²) in [5, 5.41) is 3.61. The first-order valence-electron chi connectivity index (χ1n) is 8.09. The monoisotopic (exact) mass is 275 g/mol. The van der Waals surface area contributed by atoms with Crippen LogP contribution in [0.4, 0.5) is 0 Å². The summed E-state index contributed by atoms with van der Waals surface area (Å²) in [5.41, 5.74) is 1.49. The molecule has 3 aliphatic rings.